The summed E-state index contributed by atoms with van der Waals surface area (Å²) in [4.78, 5) is 25.8. The fourth-order valence-electron chi connectivity index (χ4n) is 2.09. The monoisotopic (exact) mass is 292 g/mol. The van der Waals surface area contributed by atoms with Crippen LogP contribution >= 0.6 is 0 Å². The topological polar surface area (TPSA) is 81.9 Å². The van der Waals surface area contributed by atoms with Crippen molar-refractivity contribution in [3.8, 4) is 0 Å². The first-order valence-electron chi connectivity index (χ1n) is 6.92. The Balaban J connectivity index is 1.97. The molecule has 0 bridgehead atoms. The summed E-state index contributed by atoms with van der Waals surface area (Å²) in [6.45, 7) is 5.51. The van der Waals surface area contributed by atoms with Crippen LogP contribution in [0.5, 0.6) is 0 Å². The molecule has 1 aliphatic heterocycles. The smallest absolute Gasteiger partial charge is 0.338 e. The zero-order valence-corrected chi connectivity index (χ0v) is 12.3. The third kappa shape index (κ3) is 3.72. The van der Waals surface area contributed by atoms with Crippen LogP contribution in [0, 0.1) is 6.92 Å². The summed E-state index contributed by atoms with van der Waals surface area (Å²) in [5, 5.41) is 0. The molecule has 1 amide bonds. The van der Waals surface area contributed by atoms with Gasteiger partial charge in [-0.25, -0.2) is 4.79 Å². The third-order valence-electron chi connectivity index (χ3n) is 3.47. The number of ether oxygens (including phenoxy) is 2. The molecule has 0 spiro atoms. The number of nitrogens with zero attached hydrogens (tertiary/aromatic N) is 1. The van der Waals surface area contributed by atoms with Crippen LogP contribution < -0.4 is 5.73 Å². The number of amides is 1. The van der Waals surface area contributed by atoms with Crippen LogP contribution in [0.2, 0.25) is 0 Å². The molecule has 6 heteroatoms. The standard InChI is InChI=1S/C15H20N2O4/c1-10-3-4-12(9-13(10)16)15(19)21-11(2)14(18)17-5-7-20-8-6-17/h3-4,9,11H,5-8,16H2,1-2H3. The fourth-order valence-corrected chi connectivity index (χ4v) is 2.09. The van der Waals surface area contributed by atoms with Crippen molar-refractivity contribution in [2.24, 2.45) is 0 Å². The highest BCUT2D eigenvalue weighted by Crippen LogP contribution is 2.15. The van der Waals surface area contributed by atoms with Crippen LogP contribution in [0.15, 0.2) is 18.2 Å². The molecule has 2 rings (SSSR count). The van der Waals surface area contributed by atoms with Crippen molar-refractivity contribution in [2.75, 3.05) is 32.0 Å². The maximum atomic E-state index is 12.2. The van der Waals surface area contributed by atoms with Gasteiger partial charge in [-0.3, -0.25) is 4.79 Å². The van der Waals surface area contributed by atoms with E-state index in [-0.39, 0.29) is 5.91 Å². The molecule has 1 atom stereocenters. The van der Waals surface area contributed by atoms with E-state index in [1.54, 1.807) is 30.0 Å². The van der Waals surface area contributed by atoms with Gasteiger partial charge in [0.2, 0.25) is 0 Å². The second kappa shape index (κ2) is 6.58. The summed E-state index contributed by atoms with van der Waals surface area (Å²) >= 11 is 0. The summed E-state index contributed by atoms with van der Waals surface area (Å²) in [6.07, 6.45) is -0.821. The Hall–Kier alpha value is -2.08. The lowest BCUT2D eigenvalue weighted by atomic mass is 10.1. The van der Waals surface area contributed by atoms with Crippen molar-refractivity contribution in [3.63, 3.8) is 0 Å². The normalized spacial score (nSPS) is 16.4. The predicted octanol–water partition coefficient (Wildman–Crippen LogP) is 0.981. The molecule has 2 N–H and O–H groups in total. The van der Waals surface area contributed by atoms with E-state index in [2.05, 4.69) is 0 Å². The number of nitrogens with two attached hydrogens (primary N) is 1. The van der Waals surface area contributed by atoms with Gasteiger partial charge in [-0.2, -0.15) is 0 Å². The largest absolute Gasteiger partial charge is 0.449 e. The highest BCUT2D eigenvalue weighted by molar-refractivity contribution is 5.93. The molecule has 1 aliphatic rings. The van der Waals surface area contributed by atoms with E-state index >= 15 is 0 Å². The highest BCUT2D eigenvalue weighted by atomic mass is 16.5. The molecular weight excluding hydrogens is 272 g/mol. The molecule has 1 aromatic carbocycles. The minimum absolute atomic E-state index is 0.202. The van der Waals surface area contributed by atoms with Crippen molar-refractivity contribution in [1.82, 2.24) is 4.90 Å². The summed E-state index contributed by atoms with van der Waals surface area (Å²) in [5.41, 5.74) is 7.53. The minimum Gasteiger partial charge on any atom is -0.449 e. The van der Waals surface area contributed by atoms with Gasteiger partial charge < -0.3 is 20.1 Å². The first kappa shape index (κ1) is 15.3. The van der Waals surface area contributed by atoms with Crippen LogP contribution in [0.4, 0.5) is 5.69 Å². The molecule has 0 aliphatic carbocycles. The number of aryl methyl sites for hydroxylation is 1. The second-order valence-electron chi connectivity index (χ2n) is 5.06. The number of benzene rings is 1. The van der Waals surface area contributed by atoms with Crippen LogP contribution in [0.1, 0.15) is 22.8 Å². The summed E-state index contributed by atoms with van der Waals surface area (Å²) in [6, 6.07) is 4.95. The Morgan fingerprint density at radius 3 is 2.62 bits per heavy atom. The van der Waals surface area contributed by atoms with Gasteiger partial charge >= 0.3 is 5.97 Å². The summed E-state index contributed by atoms with van der Waals surface area (Å²) in [7, 11) is 0. The quantitative estimate of drug-likeness (QED) is 0.663. The Morgan fingerprint density at radius 1 is 1.33 bits per heavy atom. The van der Waals surface area contributed by atoms with E-state index in [9.17, 15) is 9.59 Å². The average molecular weight is 292 g/mol. The van der Waals surface area contributed by atoms with Gasteiger partial charge in [0.1, 0.15) is 0 Å². The SMILES string of the molecule is Cc1ccc(C(=O)OC(C)C(=O)N2CCOCC2)cc1N. The van der Waals surface area contributed by atoms with Gasteiger partial charge in [0.25, 0.3) is 5.91 Å². The number of nitrogen functional groups attached to an aromatic ring is 1. The lowest BCUT2D eigenvalue weighted by molar-refractivity contribution is -0.143. The van der Waals surface area contributed by atoms with E-state index in [0.717, 1.165) is 5.56 Å². The number of hydrogen-bond donors (Lipinski definition) is 1. The zero-order valence-electron chi connectivity index (χ0n) is 12.3. The van der Waals surface area contributed by atoms with Crippen LogP contribution in [-0.2, 0) is 14.3 Å². The van der Waals surface area contributed by atoms with Gasteiger partial charge in [-0.15, -0.1) is 0 Å². The molecule has 1 fully saturated rings. The molecule has 21 heavy (non-hydrogen) atoms. The molecule has 1 heterocycles. The van der Waals surface area contributed by atoms with Crippen molar-refractivity contribution >= 4 is 17.6 Å². The number of carbonyl (C=O) groups is 2. The number of morpholine rings is 1. The molecule has 0 aromatic heterocycles. The van der Waals surface area contributed by atoms with Crippen molar-refractivity contribution < 1.29 is 19.1 Å². The van der Waals surface area contributed by atoms with E-state index in [4.69, 9.17) is 15.2 Å². The number of esters is 1. The van der Waals surface area contributed by atoms with Crippen LogP contribution in [0.25, 0.3) is 0 Å². The Morgan fingerprint density at radius 2 is 2.00 bits per heavy atom. The number of hydrogen-bond acceptors (Lipinski definition) is 5. The van der Waals surface area contributed by atoms with Crippen molar-refractivity contribution in [2.45, 2.75) is 20.0 Å². The number of rotatable bonds is 3. The van der Waals surface area contributed by atoms with Gasteiger partial charge in [0.15, 0.2) is 6.10 Å². The van der Waals surface area contributed by atoms with Crippen LogP contribution in [0.3, 0.4) is 0 Å². The van der Waals surface area contributed by atoms with Gasteiger partial charge in [-0.05, 0) is 31.5 Å². The minimum atomic E-state index is -0.821. The second-order valence-corrected chi connectivity index (χ2v) is 5.06. The van der Waals surface area contributed by atoms with E-state index in [1.807, 2.05) is 6.92 Å². The highest BCUT2D eigenvalue weighted by Gasteiger charge is 2.25. The first-order chi connectivity index (χ1) is 9.99. The molecule has 114 valence electrons. The first-order valence-corrected chi connectivity index (χ1v) is 6.92. The summed E-state index contributed by atoms with van der Waals surface area (Å²) in [5.74, 6) is -0.748. The zero-order chi connectivity index (χ0) is 15.4. The van der Waals surface area contributed by atoms with E-state index < -0.39 is 12.1 Å². The third-order valence-corrected chi connectivity index (χ3v) is 3.47. The number of carbonyl (C=O) groups excluding carboxylic acids is 2. The van der Waals surface area contributed by atoms with E-state index in [1.165, 1.54) is 0 Å². The Kier molecular flexibility index (Phi) is 4.80. The molecule has 1 unspecified atom stereocenters. The van der Waals surface area contributed by atoms with E-state index in [0.29, 0.717) is 37.6 Å². The lowest BCUT2D eigenvalue weighted by Crippen LogP contribution is -2.46. The van der Waals surface area contributed by atoms with Gasteiger partial charge in [-0.1, -0.05) is 6.07 Å². The van der Waals surface area contributed by atoms with Crippen molar-refractivity contribution in [1.29, 1.82) is 0 Å². The molecule has 1 aromatic rings. The Bertz CT molecular complexity index is 538. The van der Waals surface area contributed by atoms with Gasteiger partial charge in [0, 0.05) is 18.8 Å². The molecule has 0 radical (unpaired) electrons. The fraction of sp³-hybridized carbons (Fsp3) is 0.467. The lowest BCUT2D eigenvalue weighted by Gasteiger charge is -2.28. The van der Waals surface area contributed by atoms with Crippen LogP contribution in [-0.4, -0.2) is 49.2 Å². The maximum absolute atomic E-state index is 12.2. The number of anilines is 1. The van der Waals surface area contributed by atoms with Crippen molar-refractivity contribution in [3.05, 3.63) is 29.3 Å². The predicted molar refractivity (Wildman–Crippen MR) is 77.9 cm³/mol. The molecule has 6 nitrogen and oxygen atoms in total. The Labute approximate surface area is 123 Å². The maximum Gasteiger partial charge on any atom is 0.338 e. The van der Waals surface area contributed by atoms with Gasteiger partial charge in [0.05, 0.1) is 18.8 Å². The molecule has 1 saturated heterocycles. The summed E-state index contributed by atoms with van der Waals surface area (Å²) < 4.78 is 10.4. The molecule has 0 saturated carbocycles. The molecular formula is C15H20N2O4. The average Bonchev–Trinajstić information content (AvgIpc) is 2.50.